The second kappa shape index (κ2) is 3.42. The minimum absolute atomic E-state index is 0.757. The van der Waals surface area contributed by atoms with Gasteiger partial charge < -0.3 is 4.74 Å². The number of benzene rings is 1. The molecule has 1 heterocycles. The Bertz CT molecular complexity index is 462. The number of rotatable bonds is 2. The number of hydrogen-bond acceptors (Lipinski definition) is 2. The lowest BCUT2D eigenvalue weighted by Crippen LogP contribution is -1.86. The molecule has 0 aliphatic heterocycles. The number of aromatic amines is 1. The van der Waals surface area contributed by atoms with Gasteiger partial charge in [-0.05, 0) is 42.5 Å². The van der Waals surface area contributed by atoms with Crippen LogP contribution in [-0.2, 0) is 12.8 Å². The number of hydrogen-bond donors (Lipinski definition) is 1. The van der Waals surface area contributed by atoms with Crippen molar-refractivity contribution in [2.45, 2.75) is 19.3 Å². The van der Waals surface area contributed by atoms with Crippen molar-refractivity contribution >= 4 is 0 Å². The number of H-pyrrole nitrogens is 1. The van der Waals surface area contributed by atoms with Gasteiger partial charge in [-0.2, -0.15) is 5.10 Å². The molecule has 15 heavy (non-hydrogen) atoms. The van der Waals surface area contributed by atoms with Crippen molar-refractivity contribution in [2.75, 3.05) is 0 Å². The van der Waals surface area contributed by atoms with Crippen LogP contribution in [0.25, 0.3) is 0 Å². The van der Waals surface area contributed by atoms with E-state index in [1.165, 1.54) is 30.4 Å². The molecule has 2 aromatic rings. The molecule has 0 bridgehead atoms. The van der Waals surface area contributed by atoms with Crippen molar-refractivity contribution in [2.24, 2.45) is 0 Å². The van der Waals surface area contributed by atoms with Crippen LogP contribution in [0.2, 0.25) is 0 Å². The summed E-state index contributed by atoms with van der Waals surface area (Å²) in [5.74, 6) is 1.66. The summed E-state index contributed by atoms with van der Waals surface area (Å²) < 4.78 is 5.65. The Kier molecular flexibility index (Phi) is 1.95. The van der Waals surface area contributed by atoms with E-state index in [0.717, 1.165) is 11.5 Å². The third-order valence-corrected chi connectivity index (χ3v) is 2.78. The highest BCUT2D eigenvalue weighted by Crippen LogP contribution is 2.28. The first-order valence-electron chi connectivity index (χ1n) is 5.20. The van der Waals surface area contributed by atoms with Gasteiger partial charge in [0.05, 0.1) is 12.4 Å². The molecule has 0 saturated carbocycles. The van der Waals surface area contributed by atoms with Crippen molar-refractivity contribution in [1.29, 1.82) is 0 Å². The Hall–Kier alpha value is -1.77. The molecule has 3 nitrogen and oxygen atoms in total. The Morgan fingerprint density at radius 3 is 2.93 bits per heavy atom. The second-order valence-corrected chi connectivity index (χ2v) is 3.82. The zero-order valence-electron chi connectivity index (χ0n) is 8.36. The number of nitrogens with one attached hydrogen (secondary N) is 1. The first-order valence-corrected chi connectivity index (χ1v) is 5.20. The lowest BCUT2D eigenvalue weighted by Gasteiger charge is -2.05. The van der Waals surface area contributed by atoms with Gasteiger partial charge in [-0.15, -0.1) is 0 Å². The zero-order valence-corrected chi connectivity index (χ0v) is 8.36. The lowest BCUT2D eigenvalue weighted by atomic mass is 10.1. The molecule has 1 N–H and O–H groups in total. The van der Waals surface area contributed by atoms with Crippen LogP contribution in [0.4, 0.5) is 0 Å². The maximum absolute atomic E-state index is 5.65. The maximum atomic E-state index is 5.65. The van der Waals surface area contributed by atoms with Crippen LogP contribution in [-0.4, -0.2) is 10.2 Å². The van der Waals surface area contributed by atoms with Gasteiger partial charge in [0.2, 0.25) is 0 Å². The van der Waals surface area contributed by atoms with Gasteiger partial charge in [-0.3, -0.25) is 5.10 Å². The summed E-state index contributed by atoms with van der Waals surface area (Å²) in [6.07, 6.45) is 7.07. The standard InChI is InChI=1S/C12H12N2O/c1-2-9-4-5-11(6-10(9)3-1)15-12-7-13-14-8-12/h4-8H,1-3H2,(H,13,14). The average Bonchev–Trinajstić information content (AvgIpc) is 2.87. The van der Waals surface area contributed by atoms with Gasteiger partial charge in [0.15, 0.2) is 5.75 Å². The summed E-state index contributed by atoms with van der Waals surface area (Å²) in [5.41, 5.74) is 2.89. The van der Waals surface area contributed by atoms with Crippen molar-refractivity contribution in [3.63, 3.8) is 0 Å². The summed E-state index contributed by atoms with van der Waals surface area (Å²) in [6.45, 7) is 0. The highest BCUT2D eigenvalue weighted by molar-refractivity contribution is 5.39. The molecule has 1 aliphatic rings. The predicted octanol–water partition coefficient (Wildman–Crippen LogP) is 2.69. The Morgan fingerprint density at radius 2 is 2.07 bits per heavy atom. The minimum Gasteiger partial charge on any atom is -0.454 e. The van der Waals surface area contributed by atoms with E-state index in [1.54, 1.807) is 12.4 Å². The lowest BCUT2D eigenvalue weighted by molar-refractivity contribution is 0.482. The van der Waals surface area contributed by atoms with E-state index < -0.39 is 0 Å². The molecular formula is C12H12N2O. The fraction of sp³-hybridized carbons (Fsp3) is 0.250. The number of aryl methyl sites for hydroxylation is 2. The van der Waals surface area contributed by atoms with Crippen molar-refractivity contribution in [3.05, 3.63) is 41.7 Å². The highest BCUT2D eigenvalue weighted by atomic mass is 16.5. The molecule has 0 radical (unpaired) electrons. The Labute approximate surface area is 88.1 Å². The van der Waals surface area contributed by atoms with Gasteiger partial charge in [-0.1, -0.05) is 6.07 Å². The van der Waals surface area contributed by atoms with E-state index in [2.05, 4.69) is 22.3 Å². The number of aromatic nitrogens is 2. The predicted molar refractivity (Wildman–Crippen MR) is 57.1 cm³/mol. The second-order valence-electron chi connectivity index (χ2n) is 3.82. The summed E-state index contributed by atoms with van der Waals surface area (Å²) in [4.78, 5) is 0. The highest BCUT2D eigenvalue weighted by Gasteiger charge is 2.11. The topological polar surface area (TPSA) is 37.9 Å². The fourth-order valence-corrected chi connectivity index (χ4v) is 2.04. The molecule has 1 aromatic heterocycles. The van der Waals surface area contributed by atoms with Gasteiger partial charge in [0.1, 0.15) is 5.75 Å². The number of ether oxygens (including phenoxy) is 1. The SMILES string of the molecule is c1cc2c(cc1Oc1cn[nH]c1)CCC2. The van der Waals surface area contributed by atoms with Crippen molar-refractivity contribution < 1.29 is 4.74 Å². The monoisotopic (exact) mass is 200 g/mol. The van der Waals surface area contributed by atoms with Crippen LogP contribution in [0.15, 0.2) is 30.6 Å². The molecule has 76 valence electrons. The number of fused-ring (bicyclic) bond motifs is 1. The maximum Gasteiger partial charge on any atom is 0.165 e. The van der Waals surface area contributed by atoms with Crippen molar-refractivity contribution in [1.82, 2.24) is 10.2 Å². The average molecular weight is 200 g/mol. The van der Waals surface area contributed by atoms with Gasteiger partial charge in [0, 0.05) is 0 Å². The first-order chi connectivity index (χ1) is 7.42. The van der Waals surface area contributed by atoms with E-state index in [-0.39, 0.29) is 0 Å². The molecule has 0 spiro atoms. The third kappa shape index (κ3) is 1.61. The van der Waals surface area contributed by atoms with E-state index in [1.807, 2.05) is 6.07 Å². The summed E-state index contributed by atoms with van der Waals surface area (Å²) >= 11 is 0. The molecule has 0 saturated heterocycles. The van der Waals surface area contributed by atoms with E-state index in [4.69, 9.17) is 4.74 Å². The normalized spacial score (nSPS) is 13.9. The van der Waals surface area contributed by atoms with Crippen LogP contribution < -0.4 is 4.74 Å². The molecular weight excluding hydrogens is 188 g/mol. The van der Waals surface area contributed by atoms with Crippen LogP contribution >= 0.6 is 0 Å². The van der Waals surface area contributed by atoms with Gasteiger partial charge in [0.25, 0.3) is 0 Å². The van der Waals surface area contributed by atoms with Crippen LogP contribution in [0.5, 0.6) is 11.5 Å². The van der Waals surface area contributed by atoms with Crippen LogP contribution in [0.3, 0.4) is 0 Å². The van der Waals surface area contributed by atoms with Crippen LogP contribution in [0.1, 0.15) is 17.5 Å². The van der Waals surface area contributed by atoms with Crippen LogP contribution in [0, 0.1) is 0 Å². The fourth-order valence-electron chi connectivity index (χ4n) is 2.04. The molecule has 1 aromatic carbocycles. The Morgan fingerprint density at radius 1 is 1.13 bits per heavy atom. The largest absolute Gasteiger partial charge is 0.454 e. The number of nitrogens with zero attached hydrogens (tertiary/aromatic N) is 1. The molecule has 0 amide bonds. The summed E-state index contributed by atoms with van der Waals surface area (Å²) in [6, 6.07) is 6.32. The van der Waals surface area contributed by atoms with Crippen molar-refractivity contribution in [3.8, 4) is 11.5 Å². The molecule has 3 rings (SSSR count). The quantitative estimate of drug-likeness (QED) is 0.809. The van der Waals surface area contributed by atoms with Gasteiger partial charge in [-0.25, -0.2) is 0 Å². The third-order valence-electron chi connectivity index (χ3n) is 2.78. The first kappa shape index (κ1) is 8.53. The molecule has 0 unspecified atom stereocenters. The molecule has 3 heteroatoms. The molecule has 0 fully saturated rings. The van der Waals surface area contributed by atoms with E-state index in [0.29, 0.717) is 0 Å². The van der Waals surface area contributed by atoms with E-state index in [9.17, 15) is 0 Å². The minimum atomic E-state index is 0.757. The summed E-state index contributed by atoms with van der Waals surface area (Å²) in [5, 5.41) is 6.57. The molecule has 1 aliphatic carbocycles. The van der Waals surface area contributed by atoms with Gasteiger partial charge >= 0.3 is 0 Å². The Balaban J connectivity index is 1.87. The smallest absolute Gasteiger partial charge is 0.165 e. The summed E-state index contributed by atoms with van der Waals surface area (Å²) in [7, 11) is 0. The zero-order chi connectivity index (χ0) is 10.1. The molecule has 0 atom stereocenters. The van der Waals surface area contributed by atoms with E-state index >= 15 is 0 Å².